The molecule has 0 amide bonds. The van der Waals surface area contributed by atoms with Crippen LogP contribution in [0.3, 0.4) is 0 Å². The summed E-state index contributed by atoms with van der Waals surface area (Å²) in [6, 6.07) is 8.50. The first-order valence-corrected chi connectivity index (χ1v) is 5.32. The van der Waals surface area contributed by atoms with E-state index in [0.717, 1.165) is 6.07 Å². The molecule has 19 heavy (non-hydrogen) atoms. The van der Waals surface area contributed by atoms with E-state index in [0.29, 0.717) is 0 Å². The van der Waals surface area contributed by atoms with E-state index in [1.807, 2.05) is 0 Å². The largest absolute Gasteiger partial charge is 0.504 e. The van der Waals surface area contributed by atoms with Crippen LogP contribution in [0.5, 0.6) is 11.5 Å². The number of para-hydroxylation sites is 1. The van der Waals surface area contributed by atoms with Crippen LogP contribution in [0.4, 0.5) is 8.78 Å². The molecule has 0 aliphatic heterocycles. The quantitative estimate of drug-likeness (QED) is 0.863. The van der Waals surface area contributed by atoms with Gasteiger partial charge in [0.05, 0.1) is 5.56 Å². The highest BCUT2D eigenvalue weighted by Gasteiger charge is 2.19. The Morgan fingerprint density at radius 1 is 1.21 bits per heavy atom. The van der Waals surface area contributed by atoms with Crippen LogP contribution >= 0.6 is 0 Å². The lowest BCUT2D eigenvalue weighted by Crippen LogP contribution is -2.07. The van der Waals surface area contributed by atoms with E-state index in [1.54, 1.807) is 12.1 Å². The number of carbonyl (C=O) groups excluding carboxylic acids is 1. The maximum absolute atomic E-state index is 12.1. The van der Waals surface area contributed by atoms with Gasteiger partial charge in [0.25, 0.3) is 0 Å². The van der Waals surface area contributed by atoms with Crippen LogP contribution in [-0.2, 0) is 0 Å². The SMILES string of the molecule is O=C(c1ccccn1)c1cccc(OC(F)F)c1O. The lowest BCUT2D eigenvalue weighted by molar-refractivity contribution is -0.0513. The van der Waals surface area contributed by atoms with Gasteiger partial charge in [-0.05, 0) is 24.3 Å². The third-order valence-corrected chi connectivity index (χ3v) is 2.36. The Hall–Kier alpha value is -2.50. The summed E-state index contributed by atoms with van der Waals surface area (Å²) in [6.45, 7) is -3.08. The Balaban J connectivity index is 2.38. The molecule has 0 aliphatic rings. The van der Waals surface area contributed by atoms with Gasteiger partial charge < -0.3 is 9.84 Å². The van der Waals surface area contributed by atoms with Gasteiger partial charge in [0.2, 0.25) is 5.78 Å². The summed E-state index contributed by atoms with van der Waals surface area (Å²) in [7, 11) is 0. The van der Waals surface area contributed by atoms with Crippen molar-refractivity contribution in [3.63, 3.8) is 0 Å². The van der Waals surface area contributed by atoms with E-state index in [9.17, 15) is 18.7 Å². The maximum Gasteiger partial charge on any atom is 0.387 e. The molecule has 1 aromatic heterocycles. The van der Waals surface area contributed by atoms with Crippen molar-refractivity contribution in [2.45, 2.75) is 6.61 Å². The lowest BCUT2D eigenvalue weighted by Gasteiger charge is -2.09. The molecule has 0 radical (unpaired) electrons. The molecule has 2 aromatic rings. The second kappa shape index (κ2) is 5.43. The van der Waals surface area contributed by atoms with Gasteiger partial charge in [-0.2, -0.15) is 8.78 Å². The Bertz CT molecular complexity index is 588. The average Bonchev–Trinajstić information content (AvgIpc) is 2.41. The average molecular weight is 265 g/mol. The first-order chi connectivity index (χ1) is 9.09. The third kappa shape index (κ3) is 2.85. The highest BCUT2D eigenvalue weighted by atomic mass is 19.3. The number of aromatic nitrogens is 1. The lowest BCUT2D eigenvalue weighted by atomic mass is 10.1. The molecule has 6 heteroatoms. The number of aromatic hydroxyl groups is 1. The molecule has 0 fully saturated rings. The van der Waals surface area contributed by atoms with Gasteiger partial charge in [0.1, 0.15) is 5.69 Å². The van der Waals surface area contributed by atoms with E-state index < -0.39 is 23.9 Å². The van der Waals surface area contributed by atoms with Crippen molar-refractivity contribution in [2.75, 3.05) is 0 Å². The monoisotopic (exact) mass is 265 g/mol. The Labute approximate surface area is 107 Å². The van der Waals surface area contributed by atoms with Crippen molar-refractivity contribution in [2.24, 2.45) is 0 Å². The minimum atomic E-state index is -3.08. The molecular weight excluding hydrogens is 256 g/mol. The molecular formula is C13H9F2NO3. The van der Waals surface area contributed by atoms with Crippen LogP contribution in [-0.4, -0.2) is 22.5 Å². The van der Waals surface area contributed by atoms with E-state index in [1.165, 1.54) is 24.4 Å². The van der Waals surface area contributed by atoms with Gasteiger partial charge in [-0.3, -0.25) is 9.78 Å². The molecule has 98 valence electrons. The van der Waals surface area contributed by atoms with Crippen molar-refractivity contribution in [1.82, 2.24) is 4.98 Å². The van der Waals surface area contributed by atoms with E-state index >= 15 is 0 Å². The fraction of sp³-hybridized carbons (Fsp3) is 0.0769. The fourth-order valence-electron chi connectivity index (χ4n) is 1.53. The molecule has 0 atom stereocenters. The number of hydrogen-bond donors (Lipinski definition) is 1. The van der Waals surface area contributed by atoms with E-state index in [-0.39, 0.29) is 11.3 Å². The Morgan fingerprint density at radius 2 is 2.00 bits per heavy atom. The summed E-state index contributed by atoms with van der Waals surface area (Å²) in [5, 5.41) is 9.76. The highest BCUT2D eigenvalue weighted by molar-refractivity contribution is 6.09. The number of phenolic OH excluding ortho intramolecular Hbond substituents is 1. The first-order valence-electron chi connectivity index (χ1n) is 5.32. The molecule has 4 nitrogen and oxygen atoms in total. The van der Waals surface area contributed by atoms with Crippen LogP contribution in [0.2, 0.25) is 0 Å². The second-order valence-electron chi connectivity index (χ2n) is 3.57. The zero-order valence-electron chi connectivity index (χ0n) is 9.59. The number of alkyl halides is 2. The van der Waals surface area contributed by atoms with Crippen molar-refractivity contribution < 1.29 is 23.4 Å². The number of carbonyl (C=O) groups is 1. The highest BCUT2D eigenvalue weighted by Crippen LogP contribution is 2.32. The van der Waals surface area contributed by atoms with Crippen LogP contribution < -0.4 is 4.74 Å². The maximum atomic E-state index is 12.1. The van der Waals surface area contributed by atoms with Crippen molar-refractivity contribution in [3.05, 3.63) is 53.9 Å². The number of nitrogens with zero attached hydrogens (tertiary/aromatic N) is 1. The summed E-state index contributed by atoms with van der Waals surface area (Å²) in [5.41, 5.74) is -0.0381. The number of halogens is 2. The summed E-state index contributed by atoms with van der Waals surface area (Å²) < 4.78 is 28.4. The smallest absolute Gasteiger partial charge is 0.387 e. The van der Waals surface area contributed by atoms with Crippen molar-refractivity contribution >= 4 is 5.78 Å². The van der Waals surface area contributed by atoms with Gasteiger partial charge in [-0.15, -0.1) is 0 Å². The van der Waals surface area contributed by atoms with Crippen LogP contribution in [0.15, 0.2) is 42.6 Å². The van der Waals surface area contributed by atoms with Gasteiger partial charge in [-0.25, -0.2) is 0 Å². The van der Waals surface area contributed by atoms with Crippen LogP contribution in [0.25, 0.3) is 0 Å². The first kappa shape index (κ1) is 12.9. The normalized spacial score (nSPS) is 10.5. The zero-order valence-corrected chi connectivity index (χ0v) is 9.59. The molecule has 0 saturated heterocycles. The number of rotatable bonds is 4. The van der Waals surface area contributed by atoms with Crippen LogP contribution in [0.1, 0.15) is 16.1 Å². The Morgan fingerprint density at radius 3 is 2.63 bits per heavy atom. The van der Waals surface area contributed by atoms with E-state index in [2.05, 4.69) is 9.72 Å². The van der Waals surface area contributed by atoms with E-state index in [4.69, 9.17) is 0 Å². The Kier molecular flexibility index (Phi) is 3.70. The second-order valence-corrected chi connectivity index (χ2v) is 3.57. The number of pyridine rings is 1. The zero-order chi connectivity index (χ0) is 13.8. The molecule has 0 saturated carbocycles. The summed E-state index contributed by atoms with van der Waals surface area (Å²) in [6.07, 6.45) is 1.42. The molecule has 2 rings (SSSR count). The molecule has 0 aliphatic carbocycles. The fourth-order valence-corrected chi connectivity index (χ4v) is 1.53. The minimum absolute atomic E-state index is 0.104. The minimum Gasteiger partial charge on any atom is -0.504 e. The number of ketones is 1. The number of ether oxygens (including phenoxy) is 1. The molecule has 0 unspecified atom stereocenters. The van der Waals surface area contributed by atoms with Gasteiger partial charge in [0.15, 0.2) is 11.5 Å². The van der Waals surface area contributed by atoms with Crippen LogP contribution in [0, 0.1) is 0 Å². The number of phenols is 1. The molecule has 0 bridgehead atoms. The number of benzene rings is 1. The molecule has 1 N–H and O–H groups in total. The predicted octanol–water partition coefficient (Wildman–Crippen LogP) is 2.62. The summed E-state index contributed by atoms with van der Waals surface area (Å²) in [5.74, 6) is -1.65. The van der Waals surface area contributed by atoms with Gasteiger partial charge in [-0.1, -0.05) is 12.1 Å². The number of hydrogen-bond acceptors (Lipinski definition) is 4. The predicted molar refractivity (Wildman–Crippen MR) is 62.4 cm³/mol. The van der Waals surface area contributed by atoms with Gasteiger partial charge >= 0.3 is 6.61 Å². The topological polar surface area (TPSA) is 59.4 Å². The molecule has 0 spiro atoms. The molecule has 1 aromatic carbocycles. The van der Waals surface area contributed by atoms with Crippen molar-refractivity contribution in [3.8, 4) is 11.5 Å². The van der Waals surface area contributed by atoms with Gasteiger partial charge in [0, 0.05) is 6.20 Å². The summed E-state index contributed by atoms with van der Waals surface area (Å²) in [4.78, 5) is 15.9. The third-order valence-electron chi connectivity index (χ3n) is 2.36. The standard InChI is InChI=1S/C13H9F2NO3/c14-13(15)19-10-6-3-4-8(12(10)18)11(17)9-5-1-2-7-16-9/h1-7,13,18H. The van der Waals surface area contributed by atoms with Crippen molar-refractivity contribution in [1.29, 1.82) is 0 Å². The summed E-state index contributed by atoms with van der Waals surface area (Å²) >= 11 is 0. The molecule has 1 heterocycles.